The molecule has 1 heterocycles. The van der Waals surface area contributed by atoms with E-state index in [0.29, 0.717) is 6.04 Å². The maximum absolute atomic E-state index is 5.73. The molecule has 1 aromatic carbocycles. The van der Waals surface area contributed by atoms with Crippen LogP contribution in [-0.4, -0.2) is 44.2 Å². The Morgan fingerprint density at radius 3 is 2.78 bits per heavy atom. The number of benzene rings is 1. The second kappa shape index (κ2) is 6.76. The van der Waals surface area contributed by atoms with E-state index >= 15 is 0 Å². The van der Waals surface area contributed by atoms with E-state index in [4.69, 9.17) is 4.74 Å². The topological polar surface area (TPSA) is 24.5 Å². The molecule has 1 unspecified atom stereocenters. The number of aryl methyl sites for hydroxylation is 1. The average molecular weight is 248 g/mol. The Kier molecular flexibility index (Phi) is 5.02. The molecule has 0 aromatic heterocycles. The van der Waals surface area contributed by atoms with Crippen LogP contribution < -0.4 is 10.1 Å². The molecule has 0 spiro atoms. The molecule has 1 aliphatic rings. The van der Waals surface area contributed by atoms with E-state index in [9.17, 15) is 0 Å². The first-order valence-electron chi connectivity index (χ1n) is 6.87. The van der Waals surface area contributed by atoms with Crippen LogP contribution >= 0.6 is 0 Å². The van der Waals surface area contributed by atoms with Gasteiger partial charge in [0.1, 0.15) is 5.75 Å². The van der Waals surface area contributed by atoms with Gasteiger partial charge in [0.2, 0.25) is 0 Å². The van der Waals surface area contributed by atoms with E-state index in [2.05, 4.69) is 36.3 Å². The summed E-state index contributed by atoms with van der Waals surface area (Å²) >= 11 is 0. The molecule has 1 fully saturated rings. The quantitative estimate of drug-likeness (QED) is 0.780. The number of hydrogen-bond acceptors (Lipinski definition) is 3. The van der Waals surface area contributed by atoms with Gasteiger partial charge >= 0.3 is 0 Å². The zero-order valence-corrected chi connectivity index (χ0v) is 11.5. The third kappa shape index (κ3) is 4.00. The van der Waals surface area contributed by atoms with Gasteiger partial charge in [0.25, 0.3) is 0 Å². The molecule has 2 rings (SSSR count). The molecule has 0 amide bonds. The van der Waals surface area contributed by atoms with Crippen molar-refractivity contribution in [2.45, 2.75) is 25.8 Å². The highest BCUT2D eigenvalue weighted by atomic mass is 16.5. The van der Waals surface area contributed by atoms with Crippen LogP contribution in [0.1, 0.15) is 18.4 Å². The summed E-state index contributed by atoms with van der Waals surface area (Å²) in [4.78, 5) is 2.51. The number of ether oxygens (including phenoxy) is 1. The number of nitrogens with one attached hydrogen (secondary N) is 1. The monoisotopic (exact) mass is 248 g/mol. The Morgan fingerprint density at radius 2 is 2.11 bits per heavy atom. The lowest BCUT2D eigenvalue weighted by molar-refractivity contribution is 0.260. The van der Waals surface area contributed by atoms with E-state index in [-0.39, 0.29) is 0 Å². The van der Waals surface area contributed by atoms with Crippen LogP contribution in [0.15, 0.2) is 24.3 Å². The smallest absolute Gasteiger partial charge is 0.119 e. The van der Waals surface area contributed by atoms with Crippen molar-refractivity contribution in [1.29, 1.82) is 0 Å². The van der Waals surface area contributed by atoms with Crippen molar-refractivity contribution in [1.82, 2.24) is 10.2 Å². The Balaban J connectivity index is 1.60. The predicted molar refractivity (Wildman–Crippen MR) is 75.2 cm³/mol. The van der Waals surface area contributed by atoms with E-state index in [1.807, 2.05) is 12.1 Å². The van der Waals surface area contributed by atoms with Crippen molar-refractivity contribution in [3.8, 4) is 5.75 Å². The number of rotatable bonds is 6. The summed E-state index contributed by atoms with van der Waals surface area (Å²) < 4.78 is 5.73. The average Bonchev–Trinajstić information content (AvgIpc) is 2.85. The fourth-order valence-corrected chi connectivity index (χ4v) is 2.38. The highest BCUT2D eigenvalue weighted by Gasteiger charge is 2.19. The minimum Gasteiger partial charge on any atom is -0.494 e. The van der Waals surface area contributed by atoms with E-state index < -0.39 is 0 Å². The molecule has 3 heteroatoms. The molecular formula is C15H24N2O. The van der Waals surface area contributed by atoms with E-state index in [1.165, 1.54) is 25.1 Å². The number of likely N-dealkylation sites (N-methyl/N-ethyl adjacent to an activating group) is 1. The number of hydrogen-bond donors (Lipinski definition) is 1. The summed E-state index contributed by atoms with van der Waals surface area (Å²) in [5, 5.41) is 3.34. The third-order valence-electron chi connectivity index (χ3n) is 3.59. The summed E-state index contributed by atoms with van der Waals surface area (Å²) in [6.45, 7) is 6.44. The van der Waals surface area contributed by atoms with Crippen LogP contribution in [0.3, 0.4) is 0 Å². The third-order valence-corrected chi connectivity index (χ3v) is 3.59. The van der Waals surface area contributed by atoms with Crippen molar-refractivity contribution < 1.29 is 4.74 Å². The van der Waals surface area contributed by atoms with Crippen LogP contribution in [-0.2, 0) is 0 Å². The standard InChI is InChI=1S/C15H24N2O/c1-13-4-6-15(7-5-13)18-11-3-9-17-10-8-14(12-17)16-2/h4-7,14,16H,3,8-12H2,1-2H3. The maximum Gasteiger partial charge on any atom is 0.119 e. The van der Waals surface area contributed by atoms with Crippen LogP contribution in [0.25, 0.3) is 0 Å². The molecule has 1 aliphatic heterocycles. The molecule has 0 bridgehead atoms. The van der Waals surface area contributed by atoms with Crippen LogP contribution in [0, 0.1) is 6.92 Å². The second-order valence-electron chi connectivity index (χ2n) is 5.09. The van der Waals surface area contributed by atoms with Gasteiger partial charge < -0.3 is 15.0 Å². The maximum atomic E-state index is 5.73. The van der Waals surface area contributed by atoms with Gasteiger partial charge in [-0.3, -0.25) is 0 Å². The minimum atomic E-state index is 0.683. The van der Waals surface area contributed by atoms with Gasteiger partial charge in [0.05, 0.1) is 6.61 Å². The summed E-state index contributed by atoms with van der Waals surface area (Å²) in [7, 11) is 2.05. The van der Waals surface area contributed by atoms with Crippen molar-refractivity contribution >= 4 is 0 Å². The van der Waals surface area contributed by atoms with E-state index in [0.717, 1.165) is 25.3 Å². The first-order valence-corrected chi connectivity index (χ1v) is 6.87. The number of likely N-dealkylation sites (tertiary alicyclic amines) is 1. The zero-order chi connectivity index (χ0) is 12.8. The summed E-state index contributed by atoms with van der Waals surface area (Å²) in [5.74, 6) is 0.982. The second-order valence-corrected chi connectivity index (χ2v) is 5.09. The Morgan fingerprint density at radius 1 is 1.33 bits per heavy atom. The fraction of sp³-hybridized carbons (Fsp3) is 0.600. The SMILES string of the molecule is CNC1CCN(CCCOc2ccc(C)cc2)C1. The van der Waals surface area contributed by atoms with Gasteiger partial charge in [0, 0.05) is 19.1 Å². The van der Waals surface area contributed by atoms with Crippen molar-refractivity contribution in [2.75, 3.05) is 33.3 Å². The molecule has 0 radical (unpaired) electrons. The number of nitrogens with zero attached hydrogens (tertiary/aromatic N) is 1. The van der Waals surface area contributed by atoms with Crippen molar-refractivity contribution in [3.63, 3.8) is 0 Å². The van der Waals surface area contributed by atoms with Crippen LogP contribution in [0.4, 0.5) is 0 Å². The summed E-state index contributed by atoms with van der Waals surface area (Å²) in [6.07, 6.45) is 2.37. The van der Waals surface area contributed by atoms with Crippen molar-refractivity contribution in [2.24, 2.45) is 0 Å². The summed E-state index contributed by atoms with van der Waals surface area (Å²) in [5.41, 5.74) is 1.28. The fourth-order valence-electron chi connectivity index (χ4n) is 2.38. The molecule has 1 aromatic rings. The Labute approximate surface area is 110 Å². The Hall–Kier alpha value is -1.06. The molecular weight excluding hydrogens is 224 g/mol. The zero-order valence-electron chi connectivity index (χ0n) is 11.5. The van der Waals surface area contributed by atoms with Gasteiger partial charge in [-0.15, -0.1) is 0 Å². The molecule has 0 saturated carbocycles. The van der Waals surface area contributed by atoms with Gasteiger partial charge in [-0.2, -0.15) is 0 Å². The molecule has 1 N–H and O–H groups in total. The Bertz CT molecular complexity index is 350. The summed E-state index contributed by atoms with van der Waals surface area (Å²) in [6, 6.07) is 8.95. The van der Waals surface area contributed by atoms with Crippen molar-refractivity contribution in [3.05, 3.63) is 29.8 Å². The van der Waals surface area contributed by atoms with Gasteiger partial charge in [-0.1, -0.05) is 17.7 Å². The van der Waals surface area contributed by atoms with Crippen LogP contribution in [0.2, 0.25) is 0 Å². The van der Waals surface area contributed by atoms with Crippen LogP contribution in [0.5, 0.6) is 5.75 Å². The van der Waals surface area contributed by atoms with Gasteiger partial charge in [-0.05, 0) is 45.5 Å². The van der Waals surface area contributed by atoms with Gasteiger partial charge in [-0.25, -0.2) is 0 Å². The molecule has 1 saturated heterocycles. The largest absolute Gasteiger partial charge is 0.494 e. The van der Waals surface area contributed by atoms with E-state index in [1.54, 1.807) is 0 Å². The van der Waals surface area contributed by atoms with Gasteiger partial charge in [0.15, 0.2) is 0 Å². The lowest BCUT2D eigenvalue weighted by atomic mass is 10.2. The normalized spacial score (nSPS) is 20.2. The first kappa shape index (κ1) is 13.4. The minimum absolute atomic E-state index is 0.683. The molecule has 100 valence electrons. The molecule has 1 atom stereocenters. The lowest BCUT2D eigenvalue weighted by Gasteiger charge is -2.15. The predicted octanol–water partition coefficient (Wildman–Crippen LogP) is 2.06. The molecule has 18 heavy (non-hydrogen) atoms. The lowest BCUT2D eigenvalue weighted by Crippen LogP contribution is -2.30. The first-order chi connectivity index (χ1) is 8.78. The molecule has 0 aliphatic carbocycles. The molecule has 3 nitrogen and oxygen atoms in total. The highest BCUT2D eigenvalue weighted by Crippen LogP contribution is 2.12. The highest BCUT2D eigenvalue weighted by molar-refractivity contribution is 5.26.